The molecule has 0 aromatic heterocycles. The summed E-state index contributed by atoms with van der Waals surface area (Å²) >= 11 is 0. The Kier molecular flexibility index (Phi) is 6.00. The minimum Gasteiger partial charge on any atom is -0.397 e. The van der Waals surface area contributed by atoms with Gasteiger partial charge in [-0.25, -0.2) is 0 Å². The van der Waals surface area contributed by atoms with Crippen molar-refractivity contribution in [3.05, 3.63) is 54.1 Å². The van der Waals surface area contributed by atoms with Crippen LogP contribution in [0, 0.1) is 0 Å². The lowest BCUT2D eigenvalue weighted by atomic mass is 10.1. The largest absolute Gasteiger partial charge is 0.397 e. The number of benzene rings is 2. The number of methoxy groups -OCH3 is 1. The van der Waals surface area contributed by atoms with Gasteiger partial charge in [-0.2, -0.15) is 0 Å². The van der Waals surface area contributed by atoms with Crippen molar-refractivity contribution in [3.8, 4) is 0 Å². The van der Waals surface area contributed by atoms with Crippen LogP contribution in [-0.2, 0) is 4.74 Å². The van der Waals surface area contributed by atoms with Gasteiger partial charge in [-0.3, -0.25) is 4.79 Å². The number of nitrogens with two attached hydrogens (primary N) is 1. The van der Waals surface area contributed by atoms with Gasteiger partial charge in [-0.1, -0.05) is 18.2 Å². The number of ether oxygens (including phenoxy) is 1. The molecule has 0 atom stereocenters. The van der Waals surface area contributed by atoms with Crippen molar-refractivity contribution >= 4 is 23.0 Å². The van der Waals surface area contributed by atoms with Gasteiger partial charge in [0.1, 0.15) is 0 Å². The van der Waals surface area contributed by atoms with Crippen LogP contribution >= 0.6 is 0 Å². The maximum Gasteiger partial charge on any atom is 0.258 e. The van der Waals surface area contributed by atoms with Crippen LogP contribution in [0.5, 0.6) is 0 Å². The third kappa shape index (κ3) is 4.47. The van der Waals surface area contributed by atoms with Gasteiger partial charge < -0.3 is 20.7 Å². The molecule has 0 heterocycles. The molecule has 1 amide bonds. The van der Waals surface area contributed by atoms with E-state index < -0.39 is 0 Å². The van der Waals surface area contributed by atoms with Gasteiger partial charge >= 0.3 is 0 Å². The van der Waals surface area contributed by atoms with Crippen LogP contribution in [0.25, 0.3) is 0 Å². The van der Waals surface area contributed by atoms with Crippen molar-refractivity contribution in [3.63, 3.8) is 0 Å². The summed E-state index contributed by atoms with van der Waals surface area (Å²) < 4.78 is 5.01. The molecule has 122 valence electrons. The first-order valence-electron chi connectivity index (χ1n) is 7.59. The second kappa shape index (κ2) is 8.19. The van der Waals surface area contributed by atoms with Crippen molar-refractivity contribution in [2.45, 2.75) is 6.42 Å². The number of nitrogens with one attached hydrogen (secondary N) is 1. The van der Waals surface area contributed by atoms with E-state index in [-0.39, 0.29) is 5.91 Å². The molecule has 0 saturated carbocycles. The van der Waals surface area contributed by atoms with E-state index in [0.717, 1.165) is 24.3 Å². The van der Waals surface area contributed by atoms with Crippen molar-refractivity contribution in [1.29, 1.82) is 0 Å². The molecule has 0 aliphatic heterocycles. The lowest BCUT2D eigenvalue weighted by Gasteiger charge is -2.19. The van der Waals surface area contributed by atoms with Gasteiger partial charge in [0.2, 0.25) is 0 Å². The Morgan fingerprint density at radius 2 is 1.96 bits per heavy atom. The third-order valence-corrected chi connectivity index (χ3v) is 3.59. The Hall–Kier alpha value is -2.53. The van der Waals surface area contributed by atoms with Gasteiger partial charge in [0.25, 0.3) is 5.91 Å². The first-order chi connectivity index (χ1) is 11.1. The number of carbonyl (C=O) groups is 1. The molecular weight excluding hydrogens is 290 g/mol. The van der Waals surface area contributed by atoms with Crippen LogP contribution in [-0.4, -0.2) is 33.2 Å². The van der Waals surface area contributed by atoms with Crippen molar-refractivity contribution in [2.24, 2.45) is 0 Å². The second-order valence-corrected chi connectivity index (χ2v) is 5.27. The molecule has 0 aliphatic carbocycles. The number of rotatable bonds is 7. The van der Waals surface area contributed by atoms with Crippen molar-refractivity contribution in [1.82, 2.24) is 0 Å². The Balaban J connectivity index is 2.05. The lowest BCUT2D eigenvalue weighted by molar-refractivity contribution is 0.0993. The van der Waals surface area contributed by atoms with E-state index in [1.54, 1.807) is 37.3 Å². The second-order valence-electron chi connectivity index (χ2n) is 5.27. The zero-order chi connectivity index (χ0) is 16.7. The highest BCUT2D eigenvalue weighted by Crippen LogP contribution is 2.25. The van der Waals surface area contributed by atoms with E-state index in [0.29, 0.717) is 17.9 Å². The average molecular weight is 313 g/mol. The summed E-state index contributed by atoms with van der Waals surface area (Å²) in [7, 11) is 3.43. The molecule has 2 rings (SSSR count). The van der Waals surface area contributed by atoms with Crippen LogP contribution in [0.2, 0.25) is 0 Å². The Bertz CT molecular complexity index is 644. The van der Waals surface area contributed by atoms with E-state index in [2.05, 4.69) is 5.32 Å². The first-order valence-corrected chi connectivity index (χ1v) is 7.59. The number of nitrogens with zero attached hydrogens (tertiary/aromatic N) is 1. The Morgan fingerprint density at radius 1 is 1.22 bits per heavy atom. The molecule has 0 fully saturated rings. The minimum absolute atomic E-state index is 0.0641. The molecule has 0 unspecified atom stereocenters. The molecule has 0 saturated heterocycles. The summed E-state index contributed by atoms with van der Waals surface area (Å²) in [5, 5.41) is 3.27. The highest BCUT2D eigenvalue weighted by Gasteiger charge is 2.13. The maximum atomic E-state index is 12.4. The van der Waals surface area contributed by atoms with Gasteiger partial charge in [-0.15, -0.1) is 0 Å². The summed E-state index contributed by atoms with van der Waals surface area (Å²) in [5.74, 6) is -0.0641. The van der Waals surface area contributed by atoms with Crippen molar-refractivity contribution in [2.75, 3.05) is 43.3 Å². The number of anilines is 3. The van der Waals surface area contributed by atoms with Gasteiger partial charge in [0.05, 0.1) is 11.4 Å². The lowest BCUT2D eigenvalue weighted by Crippen LogP contribution is -2.26. The van der Waals surface area contributed by atoms with Gasteiger partial charge in [-0.05, 0) is 36.8 Å². The summed E-state index contributed by atoms with van der Waals surface area (Å²) in [6.45, 7) is 1.50. The SMILES string of the molecule is COCCCNc1ccc(N(C)C(=O)c2ccccc2)cc1N. The molecule has 5 nitrogen and oxygen atoms in total. The molecular formula is C18H23N3O2. The van der Waals surface area contributed by atoms with E-state index in [4.69, 9.17) is 10.5 Å². The standard InChI is InChI=1S/C18H23N3O2/c1-21(18(22)14-7-4-3-5-8-14)15-9-10-17(16(19)13-15)20-11-6-12-23-2/h3-5,7-10,13,20H,6,11-12,19H2,1-2H3. The van der Waals surface area contributed by atoms with E-state index in [1.807, 2.05) is 30.3 Å². The molecule has 3 N–H and O–H groups in total. The molecule has 5 heteroatoms. The first kappa shape index (κ1) is 16.8. The third-order valence-electron chi connectivity index (χ3n) is 3.59. The quantitative estimate of drug-likeness (QED) is 0.609. The molecule has 23 heavy (non-hydrogen) atoms. The number of amides is 1. The molecule has 0 spiro atoms. The molecule has 0 radical (unpaired) electrons. The summed E-state index contributed by atoms with van der Waals surface area (Å²) in [6, 6.07) is 14.8. The normalized spacial score (nSPS) is 10.3. The number of nitrogen functional groups attached to an aromatic ring is 1. The fourth-order valence-electron chi connectivity index (χ4n) is 2.25. The van der Waals surface area contributed by atoms with Crippen molar-refractivity contribution < 1.29 is 9.53 Å². The molecule has 0 aliphatic rings. The highest BCUT2D eigenvalue weighted by molar-refractivity contribution is 6.06. The van der Waals surface area contributed by atoms with E-state index in [9.17, 15) is 4.79 Å². The maximum absolute atomic E-state index is 12.4. The van der Waals surface area contributed by atoms with Crippen LogP contribution in [0.4, 0.5) is 17.1 Å². The summed E-state index contributed by atoms with van der Waals surface area (Å²) in [5.41, 5.74) is 8.98. The predicted molar refractivity (Wildman–Crippen MR) is 95.0 cm³/mol. The summed E-state index contributed by atoms with van der Waals surface area (Å²) in [4.78, 5) is 14.0. The monoisotopic (exact) mass is 313 g/mol. The van der Waals surface area contributed by atoms with Gasteiger partial charge in [0.15, 0.2) is 0 Å². The zero-order valence-electron chi connectivity index (χ0n) is 13.6. The fraction of sp³-hybridized carbons (Fsp3) is 0.278. The fourth-order valence-corrected chi connectivity index (χ4v) is 2.25. The highest BCUT2D eigenvalue weighted by atomic mass is 16.5. The smallest absolute Gasteiger partial charge is 0.258 e. The van der Waals surface area contributed by atoms with Crippen LogP contribution in [0.1, 0.15) is 16.8 Å². The number of carbonyl (C=O) groups excluding carboxylic acids is 1. The number of hydrogen-bond acceptors (Lipinski definition) is 4. The Morgan fingerprint density at radius 3 is 2.61 bits per heavy atom. The zero-order valence-corrected chi connectivity index (χ0v) is 13.6. The molecule has 0 bridgehead atoms. The Labute approximate surface area is 137 Å². The van der Waals surface area contributed by atoms with E-state index >= 15 is 0 Å². The predicted octanol–water partition coefficient (Wildman–Crippen LogP) is 2.99. The van der Waals surface area contributed by atoms with Gasteiger partial charge in [0, 0.05) is 38.6 Å². The molecule has 2 aromatic carbocycles. The average Bonchev–Trinajstić information content (AvgIpc) is 2.59. The van der Waals surface area contributed by atoms with E-state index in [1.165, 1.54) is 0 Å². The molecule has 2 aromatic rings. The van der Waals surface area contributed by atoms with Crippen LogP contribution in [0.15, 0.2) is 48.5 Å². The summed E-state index contributed by atoms with van der Waals surface area (Å²) in [6.07, 6.45) is 0.907. The topological polar surface area (TPSA) is 67.6 Å². The van der Waals surface area contributed by atoms with Crippen LogP contribution in [0.3, 0.4) is 0 Å². The number of hydrogen-bond donors (Lipinski definition) is 2. The van der Waals surface area contributed by atoms with Crippen LogP contribution < -0.4 is 16.0 Å². The minimum atomic E-state index is -0.0641.